The molecular weight excluding hydrogens is 326 g/mol. The van der Waals surface area contributed by atoms with Gasteiger partial charge in [-0.1, -0.05) is 24.6 Å². The van der Waals surface area contributed by atoms with Gasteiger partial charge in [-0.2, -0.15) is 0 Å². The quantitative estimate of drug-likeness (QED) is 0.753. The molecule has 0 saturated carbocycles. The maximum absolute atomic E-state index is 9.32. The molecule has 0 aliphatic carbocycles. The summed E-state index contributed by atoms with van der Waals surface area (Å²) in [5, 5.41) is 9.94. The first-order valence-corrected chi connectivity index (χ1v) is 8.65. The third-order valence-electron chi connectivity index (χ3n) is 4.01. The lowest BCUT2D eigenvalue weighted by Crippen LogP contribution is -2.27. The van der Waals surface area contributed by atoms with Crippen LogP contribution in [-0.2, 0) is 20.1 Å². The number of hydrogen-bond acceptors (Lipinski definition) is 4. The number of benzene rings is 1. The summed E-state index contributed by atoms with van der Waals surface area (Å²) in [5.41, 5.74) is 1.08. The van der Waals surface area contributed by atoms with Gasteiger partial charge in [0.05, 0.1) is 24.3 Å². The molecule has 5 nitrogen and oxygen atoms in total. The molecule has 1 atom stereocenters. The highest BCUT2D eigenvalue weighted by Crippen LogP contribution is 2.27. The molecule has 1 heterocycles. The number of aliphatic hydroxyl groups is 1. The summed E-state index contributed by atoms with van der Waals surface area (Å²) in [6.45, 7) is 6.16. The fourth-order valence-corrected chi connectivity index (χ4v) is 2.65. The number of aliphatic hydroxyl groups excluding tert-OH is 1. The molecule has 2 rings (SSSR count). The van der Waals surface area contributed by atoms with E-state index in [9.17, 15) is 5.11 Å². The van der Waals surface area contributed by atoms with Crippen molar-refractivity contribution < 1.29 is 9.84 Å². The Balaban J connectivity index is 2.06. The molecule has 0 unspecified atom stereocenters. The van der Waals surface area contributed by atoms with Crippen LogP contribution in [0.3, 0.4) is 0 Å². The second kappa shape index (κ2) is 9.06. The van der Waals surface area contributed by atoms with Crippen molar-refractivity contribution in [2.75, 3.05) is 13.2 Å². The summed E-state index contributed by atoms with van der Waals surface area (Å²) in [6, 6.07) is 5.87. The molecule has 0 aliphatic heterocycles. The van der Waals surface area contributed by atoms with Crippen molar-refractivity contribution >= 4 is 11.6 Å². The molecule has 0 spiro atoms. The SMILES string of the molecule is CC[C@H](C)Oc1ccc(CN(CCO)Cc2nccn2C)cc1Cl. The fraction of sp³-hybridized carbons (Fsp3) is 0.500. The van der Waals surface area contributed by atoms with Crippen LogP contribution in [0.2, 0.25) is 5.02 Å². The highest BCUT2D eigenvalue weighted by molar-refractivity contribution is 6.32. The van der Waals surface area contributed by atoms with E-state index in [4.69, 9.17) is 16.3 Å². The zero-order chi connectivity index (χ0) is 17.5. The van der Waals surface area contributed by atoms with E-state index in [1.807, 2.05) is 42.9 Å². The average Bonchev–Trinajstić information content (AvgIpc) is 2.95. The van der Waals surface area contributed by atoms with Gasteiger partial charge < -0.3 is 14.4 Å². The minimum Gasteiger partial charge on any atom is -0.489 e. The van der Waals surface area contributed by atoms with Crippen molar-refractivity contribution in [1.29, 1.82) is 0 Å². The Morgan fingerprint density at radius 1 is 1.38 bits per heavy atom. The van der Waals surface area contributed by atoms with E-state index < -0.39 is 0 Å². The standard InChI is InChI=1S/C18H26ClN3O2/c1-4-14(2)24-17-6-5-15(11-16(17)19)12-22(9-10-23)13-18-20-7-8-21(18)3/h5-8,11,14,23H,4,9-10,12-13H2,1-3H3/t14-/m0/s1. The minimum absolute atomic E-state index is 0.105. The third kappa shape index (κ3) is 5.23. The number of imidazole rings is 1. The number of aryl methyl sites for hydroxylation is 1. The first-order valence-electron chi connectivity index (χ1n) is 8.28. The highest BCUT2D eigenvalue weighted by Gasteiger charge is 2.12. The molecule has 2 aromatic rings. The van der Waals surface area contributed by atoms with Crippen LogP contribution in [0.25, 0.3) is 0 Å². The van der Waals surface area contributed by atoms with E-state index in [1.54, 1.807) is 6.20 Å². The van der Waals surface area contributed by atoms with Crippen molar-refractivity contribution in [3.05, 3.63) is 47.0 Å². The molecular formula is C18H26ClN3O2. The fourth-order valence-electron chi connectivity index (χ4n) is 2.40. The van der Waals surface area contributed by atoms with E-state index in [1.165, 1.54) is 0 Å². The van der Waals surface area contributed by atoms with Crippen molar-refractivity contribution in [3.63, 3.8) is 0 Å². The maximum atomic E-state index is 9.32. The monoisotopic (exact) mass is 351 g/mol. The number of ether oxygens (including phenoxy) is 1. The van der Waals surface area contributed by atoms with Gasteiger partial charge >= 0.3 is 0 Å². The molecule has 0 fully saturated rings. The smallest absolute Gasteiger partial charge is 0.138 e. The molecule has 1 aromatic carbocycles. The van der Waals surface area contributed by atoms with Crippen LogP contribution in [0.4, 0.5) is 0 Å². The molecule has 132 valence electrons. The van der Waals surface area contributed by atoms with Gasteiger partial charge in [0.15, 0.2) is 0 Å². The Hall–Kier alpha value is -1.56. The largest absolute Gasteiger partial charge is 0.489 e. The zero-order valence-corrected chi connectivity index (χ0v) is 15.3. The number of aromatic nitrogens is 2. The van der Waals surface area contributed by atoms with Gasteiger partial charge in [0, 0.05) is 32.5 Å². The molecule has 1 N–H and O–H groups in total. The summed E-state index contributed by atoms with van der Waals surface area (Å²) >= 11 is 6.35. The Labute approximate surface area is 148 Å². The summed E-state index contributed by atoms with van der Waals surface area (Å²) in [5.74, 6) is 1.68. The predicted molar refractivity (Wildman–Crippen MR) is 96.2 cm³/mol. The van der Waals surface area contributed by atoms with E-state index in [2.05, 4.69) is 16.8 Å². The molecule has 1 aromatic heterocycles. The van der Waals surface area contributed by atoms with Crippen molar-refractivity contribution in [2.45, 2.75) is 39.5 Å². The van der Waals surface area contributed by atoms with E-state index in [0.29, 0.717) is 30.4 Å². The van der Waals surface area contributed by atoms with Crippen molar-refractivity contribution in [1.82, 2.24) is 14.5 Å². The molecule has 24 heavy (non-hydrogen) atoms. The second-order valence-corrected chi connectivity index (χ2v) is 6.40. The van der Waals surface area contributed by atoms with Crippen LogP contribution < -0.4 is 4.74 Å². The number of nitrogens with zero attached hydrogens (tertiary/aromatic N) is 3. The third-order valence-corrected chi connectivity index (χ3v) is 4.30. The van der Waals surface area contributed by atoms with Crippen LogP contribution in [0, 0.1) is 0 Å². The van der Waals surface area contributed by atoms with Gasteiger partial charge in [-0.05, 0) is 31.0 Å². The molecule has 0 aliphatic rings. The predicted octanol–water partition coefficient (Wildman–Crippen LogP) is 3.25. The van der Waals surface area contributed by atoms with Gasteiger partial charge in [-0.3, -0.25) is 4.90 Å². The van der Waals surface area contributed by atoms with Crippen LogP contribution in [-0.4, -0.2) is 38.8 Å². The summed E-state index contributed by atoms with van der Waals surface area (Å²) < 4.78 is 7.79. The normalized spacial score (nSPS) is 12.6. The summed E-state index contributed by atoms with van der Waals surface area (Å²) in [4.78, 5) is 6.49. The van der Waals surface area contributed by atoms with E-state index in [0.717, 1.165) is 17.8 Å². The first-order chi connectivity index (χ1) is 11.5. The average molecular weight is 352 g/mol. The molecule has 6 heteroatoms. The van der Waals surface area contributed by atoms with Gasteiger partial charge in [-0.25, -0.2) is 4.98 Å². The molecule has 0 bridgehead atoms. The highest BCUT2D eigenvalue weighted by atomic mass is 35.5. The Morgan fingerprint density at radius 2 is 2.17 bits per heavy atom. The summed E-state index contributed by atoms with van der Waals surface area (Å²) in [6.07, 6.45) is 4.78. The lowest BCUT2D eigenvalue weighted by atomic mass is 10.2. The zero-order valence-electron chi connectivity index (χ0n) is 14.6. The molecule has 0 radical (unpaired) electrons. The Bertz CT molecular complexity index is 645. The topological polar surface area (TPSA) is 50.5 Å². The number of halogens is 1. The van der Waals surface area contributed by atoms with Crippen molar-refractivity contribution in [3.8, 4) is 5.75 Å². The van der Waals surface area contributed by atoms with Crippen LogP contribution in [0.15, 0.2) is 30.6 Å². The van der Waals surface area contributed by atoms with Crippen LogP contribution in [0.5, 0.6) is 5.75 Å². The van der Waals surface area contributed by atoms with Crippen molar-refractivity contribution in [2.24, 2.45) is 7.05 Å². The van der Waals surface area contributed by atoms with E-state index in [-0.39, 0.29) is 12.7 Å². The minimum atomic E-state index is 0.105. The van der Waals surface area contributed by atoms with Crippen LogP contribution >= 0.6 is 11.6 Å². The molecule has 0 amide bonds. The lowest BCUT2D eigenvalue weighted by molar-refractivity contribution is 0.180. The summed E-state index contributed by atoms with van der Waals surface area (Å²) in [7, 11) is 1.97. The Morgan fingerprint density at radius 3 is 2.75 bits per heavy atom. The number of hydrogen-bond donors (Lipinski definition) is 1. The van der Waals surface area contributed by atoms with E-state index >= 15 is 0 Å². The Kier molecular flexibility index (Phi) is 7.09. The number of rotatable bonds is 9. The van der Waals surface area contributed by atoms with Gasteiger partial charge in [0.1, 0.15) is 11.6 Å². The van der Waals surface area contributed by atoms with Gasteiger partial charge in [-0.15, -0.1) is 0 Å². The van der Waals surface area contributed by atoms with Crippen LogP contribution in [0.1, 0.15) is 31.7 Å². The molecule has 0 saturated heterocycles. The maximum Gasteiger partial charge on any atom is 0.138 e. The first kappa shape index (κ1) is 18.8. The lowest BCUT2D eigenvalue weighted by Gasteiger charge is -2.22. The van der Waals surface area contributed by atoms with Gasteiger partial charge in [0.2, 0.25) is 0 Å². The second-order valence-electron chi connectivity index (χ2n) is 5.99. The van der Waals surface area contributed by atoms with Gasteiger partial charge in [0.25, 0.3) is 0 Å².